The summed E-state index contributed by atoms with van der Waals surface area (Å²) in [5.41, 5.74) is 2.61. The molecule has 3 unspecified atom stereocenters. The summed E-state index contributed by atoms with van der Waals surface area (Å²) in [6.07, 6.45) is 2.55. The van der Waals surface area contributed by atoms with E-state index in [9.17, 15) is 0 Å². The van der Waals surface area contributed by atoms with Crippen molar-refractivity contribution in [1.82, 2.24) is 5.32 Å². The summed E-state index contributed by atoms with van der Waals surface area (Å²) in [5, 5.41) is 3.25. The Labute approximate surface area is 108 Å². The van der Waals surface area contributed by atoms with Crippen LogP contribution >= 0.6 is 0 Å². The number of nitrogens with one attached hydrogen (secondary N) is 1. The molecular formula is C15H21NO2. The zero-order chi connectivity index (χ0) is 12.7. The first-order valence-corrected chi connectivity index (χ1v) is 6.75. The van der Waals surface area contributed by atoms with E-state index in [-0.39, 0.29) is 0 Å². The molecule has 3 heteroatoms. The summed E-state index contributed by atoms with van der Waals surface area (Å²) in [5.74, 6) is 3.49. The van der Waals surface area contributed by atoms with E-state index < -0.39 is 0 Å². The average molecular weight is 247 g/mol. The van der Waals surface area contributed by atoms with E-state index in [2.05, 4.69) is 24.4 Å². The van der Waals surface area contributed by atoms with E-state index in [0.29, 0.717) is 12.0 Å². The maximum atomic E-state index is 5.85. The van der Waals surface area contributed by atoms with Gasteiger partial charge in [0, 0.05) is 17.5 Å². The van der Waals surface area contributed by atoms with Gasteiger partial charge in [-0.25, -0.2) is 0 Å². The van der Waals surface area contributed by atoms with Gasteiger partial charge < -0.3 is 14.8 Å². The van der Waals surface area contributed by atoms with Gasteiger partial charge >= 0.3 is 0 Å². The van der Waals surface area contributed by atoms with Crippen LogP contribution in [0.25, 0.3) is 0 Å². The first-order valence-electron chi connectivity index (χ1n) is 6.75. The van der Waals surface area contributed by atoms with Crippen molar-refractivity contribution in [3.05, 3.63) is 23.3 Å². The minimum Gasteiger partial charge on any atom is -0.496 e. The van der Waals surface area contributed by atoms with Gasteiger partial charge in [-0.05, 0) is 50.9 Å². The maximum absolute atomic E-state index is 5.85. The Kier molecular flexibility index (Phi) is 2.94. The fourth-order valence-corrected chi connectivity index (χ4v) is 3.04. The molecule has 1 N–H and O–H groups in total. The quantitative estimate of drug-likeness (QED) is 0.886. The van der Waals surface area contributed by atoms with Gasteiger partial charge in [-0.3, -0.25) is 0 Å². The number of hydrogen-bond donors (Lipinski definition) is 1. The predicted octanol–water partition coefficient (Wildman–Crippen LogP) is 2.34. The standard InChI is InChI=1S/C15H21NO2/c1-9-4-10-6-15(17-3)13(7-14(10)18-9)12-5-11(12)8-16-2/h6-7,9,11-12,16H,4-5,8H2,1-3H3. The molecule has 0 spiro atoms. The number of fused-ring (bicyclic) bond motifs is 1. The monoisotopic (exact) mass is 247 g/mol. The molecule has 3 nitrogen and oxygen atoms in total. The zero-order valence-corrected chi connectivity index (χ0v) is 11.3. The second-order valence-electron chi connectivity index (χ2n) is 5.49. The van der Waals surface area contributed by atoms with E-state index in [1.165, 1.54) is 17.5 Å². The van der Waals surface area contributed by atoms with Crippen LogP contribution in [0.2, 0.25) is 0 Å². The molecule has 0 radical (unpaired) electrons. The predicted molar refractivity (Wildman–Crippen MR) is 71.6 cm³/mol. The van der Waals surface area contributed by atoms with Crippen molar-refractivity contribution >= 4 is 0 Å². The minimum absolute atomic E-state index is 0.298. The molecular weight excluding hydrogens is 226 g/mol. The Balaban J connectivity index is 1.88. The summed E-state index contributed by atoms with van der Waals surface area (Å²) in [6.45, 7) is 3.20. The molecule has 3 rings (SSSR count). The van der Waals surface area contributed by atoms with Gasteiger partial charge in [0.05, 0.1) is 7.11 Å². The van der Waals surface area contributed by atoms with Crippen LogP contribution in [-0.2, 0) is 6.42 Å². The number of hydrogen-bond acceptors (Lipinski definition) is 3. The largest absolute Gasteiger partial charge is 0.496 e. The second kappa shape index (κ2) is 4.47. The highest BCUT2D eigenvalue weighted by Crippen LogP contribution is 2.52. The summed E-state index contributed by atoms with van der Waals surface area (Å²) in [6, 6.07) is 4.38. The number of ether oxygens (including phenoxy) is 2. The van der Waals surface area contributed by atoms with Crippen LogP contribution < -0.4 is 14.8 Å². The second-order valence-corrected chi connectivity index (χ2v) is 5.49. The number of benzene rings is 1. The third-order valence-corrected chi connectivity index (χ3v) is 4.04. The SMILES string of the molecule is CNCC1CC1c1cc2c(cc1OC)CC(C)O2. The van der Waals surface area contributed by atoms with Crippen LogP contribution in [0.4, 0.5) is 0 Å². The number of rotatable bonds is 4. The van der Waals surface area contributed by atoms with Crippen LogP contribution in [0.5, 0.6) is 11.5 Å². The molecule has 1 aliphatic carbocycles. The lowest BCUT2D eigenvalue weighted by Gasteiger charge is -2.11. The maximum Gasteiger partial charge on any atom is 0.123 e. The van der Waals surface area contributed by atoms with Crippen molar-refractivity contribution in [1.29, 1.82) is 0 Å². The van der Waals surface area contributed by atoms with E-state index >= 15 is 0 Å². The van der Waals surface area contributed by atoms with Crippen molar-refractivity contribution in [3.8, 4) is 11.5 Å². The molecule has 1 aromatic carbocycles. The lowest BCUT2D eigenvalue weighted by molar-refractivity contribution is 0.254. The third kappa shape index (κ3) is 1.97. The van der Waals surface area contributed by atoms with E-state index in [4.69, 9.17) is 9.47 Å². The molecule has 98 valence electrons. The Hall–Kier alpha value is -1.22. The van der Waals surface area contributed by atoms with Gasteiger partial charge in [0.2, 0.25) is 0 Å². The highest BCUT2D eigenvalue weighted by molar-refractivity contribution is 5.51. The molecule has 1 aromatic rings. The smallest absolute Gasteiger partial charge is 0.123 e. The van der Waals surface area contributed by atoms with E-state index in [1.807, 2.05) is 7.05 Å². The van der Waals surface area contributed by atoms with E-state index in [1.54, 1.807) is 7.11 Å². The summed E-state index contributed by atoms with van der Waals surface area (Å²) in [7, 11) is 3.78. The Morgan fingerprint density at radius 3 is 3.00 bits per heavy atom. The third-order valence-electron chi connectivity index (χ3n) is 4.04. The van der Waals surface area contributed by atoms with Gasteiger partial charge in [0.15, 0.2) is 0 Å². The Bertz CT molecular complexity index is 458. The van der Waals surface area contributed by atoms with Crippen LogP contribution in [-0.4, -0.2) is 26.8 Å². The lowest BCUT2D eigenvalue weighted by Crippen LogP contribution is -2.10. The molecule has 1 heterocycles. The van der Waals surface area contributed by atoms with Crippen molar-refractivity contribution in [3.63, 3.8) is 0 Å². The normalized spacial score (nSPS) is 28.7. The van der Waals surface area contributed by atoms with Crippen LogP contribution in [0.15, 0.2) is 12.1 Å². The van der Waals surface area contributed by atoms with Crippen LogP contribution in [0.3, 0.4) is 0 Å². The molecule has 0 aromatic heterocycles. The first-order chi connectivity index (χ1) is 8.72. The summed E-state index contributed by atoms with van der Waals surface area (Å²) < 4.78 is 11.4. The fourth-order valence-electron chi connectivity index (χ4n) is 3.04. The minimum atomic E-state index is 0.298. The van der Waals surface area contributed by atoms with Gasteiger partial charge in [0.1, 0.15) is 17.6 Å². The van der Waals surface area contributed by atoms with Crippen LogP contribution in [0.1, 0.15) is 30.4 Å². The Morgan fingerprint density at radius 1 is 1.44 bits per heavy atom. The Morgan fingerprint density at radius 2 is 2.28 bits per heavy atom. The molecule has 1 saturated carbocycles. The fraction of sp³-hybridized carbons (Fsp3) is 0.600. The van der Waals surface area contributed by atoms with E-state index in [0.717, 1.165) is 30.4 Å². The molecule has 1 aliphatic heterocycles. The summed E-state index contributed by atoms with van der Waals surface area (Å²) in [4.78, 5) is 0. The average Bonchev–Trinajstić information content (AvgIpc) is 3.01. The molecule has 2 aliphatic rings. The first kappa shape index (κ1) is 11.8. The molecule has 0 saturated heterocycles. The van der Waals surface area contributed by atoms with Crippen molar-refractivity contribution in [2.45, 2.75) is 31.8 Å². The highest BCUT2D eigenvalue weighted by Gasteiger charge is 2.40. The van der Waals surface area contributed by atoms with Crippen molar-refractivity contribution in [2.75, 3.05) is 20.7 Å². The highest BCUT2D eigenvalue weighted by atomic mass is 16.5. The van der Waals surface area contributed by atoms with Gasteiger partial charge in [-0.1, -0.05) is 0 Å². The topological polar surface area (TPSA) is 30.5 Å². The number of methoxy groups -OCH3 is 1. The van der Waals surface area contributed by atoms with Crippen LogP contribution in [0, 0.1) is 5.92 Å². The zero-order valence-electron chi connectivity index (χ0n) is 11.3. The van der Waals surface area contributed by atoms with Gasteiger partial charge in [-0.15, -0.1) is 0 Å². The van der Waals surface area contributed by atoms with Crippen molar-refractivity contribution < 1.29 is 9.47 Å². The molecule has 3 atom stereocenters. The molecule has 1 fully saturated rings. The lowest BCUT2D eigenvalue weighted by atomic mass is 10.0. The molecule has 18 heavy (non-hydrogen) atoms. The molecule has 0 amide bonds. The summed E-state index contributed by atoms with van der Waals surface area (Å²) >= 11 is 0. The van der Waals surface area contributed by atoms with Crippen molar-refractivity contribution in [2.24, 2.45) is 5.92 Å². The molecule has 0 bridgehead atoms. The van der Waals surface area contributed by atoms with Gasteiger partial charge in [0.25, 0.3) is 0 Å². The van der Waals surface area contributed by atoms with Gasteiger partial charge in [-0.2, -0.15) is 0 Å².